The van der Waals surface area contributed by atoms with Crippen molar-refractivity contribution in [1.29, 1.82) is 0 Å². The van der Waals surface area contributed by atoms with Crippen molar-refractivity contribution in [3.05, 3.63) is 212 Å². The largest absolute Gasteiger partial charge is 0.456 e. The molecule has 10 aromatic carbocycles. The molecule has 0 bridgehead atoms. The molecule has 0 radical (unpaired) electrons. The van der Waals surface area contributed by atoms with Crippen LogP contribution in [0, 0.1) is 0 Å². The van der Waals surface area contributed by atoms with Gasteiger partial charge in [0.05, 0.1) is 0 Å². The van der Waals surface area contributed by atoms with Crippen LogP contribution in [0.1, 0.15) is 0 Å². The molecule has 2 heteroatoms. The first kappa shape index (κ1) is 32.0. The Morgan fingerprint density at radius 3 is 1.64 bits per heavy atom. The van der Waals surface area contributed by atoms with Crippen LogP contribution in [-0.4, -0.2) is 0 Å². The van der Waals surface area contributed by atoms with Gasteiger partial charge in [0, 0.05) is 28.0 Å². The Bertz CT molecular complexity index is 3230. The molecule has 56 heavy (non-hydrogen) atoms. The van der Waals surface area contributed by atoms with Gasteiger partial charge >= 0.3 is 0 Å². The average molecular weight is 714 g/mol. The van der Waals surface area contributed by atoms with E-state index in [4.69, 9.17) is 4.42 Å². The highest BCUT2D eigenvalue weighted by Gasteiger charge is 2.16. The maximum Gasteiger partial charge on any atom is 0.135 e. The molecule has 0 aliphatic rings. The molecule has 0 unspecified atom stereocenters. The minimum absolute atomic E-state index is 0.880. The van der Waals surface area contributed by atoms with Gasteiger partial charge < -0.3 is 9.32 Å². The summed E-state index contributed by atoms with van der Waals surface area (Å²) in [6.07, 6.45) is 0. The number of nitrogens with zero attached hydrogens (tertiary/aromatic N) is 1. The first-order valence-electron chi connectivity index (χ1n) is 19.2. The summed E-state index contributed by atoms with van der Waals surface area (Å²) in [5, 5.41) is 11.0. The molecule has 0 aliphatic carbocycles. The minimum atomic E-state index is 0.880. The molecule has 1 heterocycles. The predicted molar refractivity (Wildman–Crippen MR) is 237 cm³/mol. The van der Waals surface area contributed by atoms with Gasteiger partial charge in [-0.2, -0.15) is 0 Å². The van der Waals surface area contributed by atoms with Crippen LogP contribution in [0.2, 0.25) is 0 Å². The lowest BCUT2D eigenvalue weighted by molar-refractivity contribution is 0.631. The number of anilines is 3. The third-order valence-corrected chi connectivity index (χ3v) is 11.2. The molecule has 0 N–H and O–H groups in total. The predicted octanol–water partition coefficient (Wildman–Crippen LogP) is 15.5. The monoisotopic (exact) mass is 713 g/mol. The Kier molecular flexibility index (Phi) is 7.53. The molecule has 0 saturated carbocycles. The lowest BCUT2D eigenvalue weighted by atomic mass is 9.93. The van der Waals surface area contributed by atoms with Crippen LogP contribution in [0.3, 0.4) is 0 Å². The van der Waals surface area contributed by atoms with Crippen LogP contribution in [0.15, 0.2) is 217 Å². The van der Waals surface area contributed by atoms with Crippen LogP contribution in [0.4, 0.5) is 17.1 Å². The Balaban J connectivity index is 0.985. The van der Waals surface area contributed by atoms with Gasteiger partial charge in [-0.1, -0.05) is 146 Å². The van der Waals surface area contributed by atoms with E-state index in [-0.39, 0.29) is 0 Å². The highest BCUT2D eigenvalue weighted by molar-refractivity contribution is 6.13. The van der Waals surface area contributed by atoms with Gasteiger partial charge in [-0.15, -0.1) is 0 Å². The molecule has 262 valence electrons. The minimum Gasteiger partial charge on any atom is -0.456 e. The second-order valence-corrected chi connectivity index (χ2v) is 14.6. The Morgan fingerprint density at radius 2 is 0.839 bits per heavy atom. The highest BCUT2D eigenvalue weighted by Crippen LogP contribution is 2.41. The summed E-state index contributed by atoms with van der Waals surface area (Å²) in [5.41, 5.74) is 10.1. The number of hydrogen-bond donors (Lipinski definition) is 0. The molecule has 0 saturated heterocycles. The summed E-state index contributed by atoms with van der Waals surface area (Å²) in [6, 6.07) is 76.6. The Morgan fingerprint density at radius 1 is 0.286 bits per heavy atom. The number of para-hydroxylation sites is 1. The van der Waals surface area contributed by atoms with E-state index >= 15 is 0 Å². The van der Waals surface area contributed by atoms with Crippen LogP contribution >= 0.6 is 0 Å². The van der Waals surface area contributed by atoms with Crippen molar-refractivity contribution in [1.82, 2.24) is 0 Å². The van der Waals surface area contributed by atoms with Gasteiger partial charge in [-0.25, -0.2) is 0 Å². The number of hydrogen-bond acceptors (Lipinski definition) is 2. The molecular formula is C54H35NO. The van der Waals surface area contributed by atoms with Crippen molar-refractivity contribution in [2.75, 3.05) is 4.90 Å². The van der Waals surface area contributed by atoms with Crippen LogP contribution in [0.25, 0.3) is 87.6 Å². The summed E-state index contributed by atoms with van der Waals surface area (Å²) in [4.78, 5) is 2.37. The zero-order valence-electron chi connectivity index (χ0n) is 30.6. The summed E-state index contributed by atoms with van der Waals surface area (Å²) >= 11 is 0. The van der Waals surface area contributed by atoms with Crippen molar-refractivity contribution in [3.63, 3.8) is 0 Å². The SMILES string of the molecule is c1cc(-c2ccc3cc(N(c4ccc(-c5cc6ccccc6c6ccccc56)cc4)c4ccc5ccccc5c4)ccc3c2)cc(-c2cc3ccccc3o2)c1. The molecule has 0 amide bonds. The van der Waals surface area contributed by atoms with Gasteiger partial charge in [0.1, 0.15) is 11.3 Å². The topological polar surface area (TPSA) is 16.4 Å². The molecule has 0 fully saturated rings. The Labute approximate surface area is 325 Å². The Hall–Kier alpha value is -7.42. The van der Waals surface area contributed by atoms with Gasteiger partial charge in [0.15, 0.2) is 0 Å². The van der Waals surface area contributed by atoms with E-state index in [0.717, 1.165) is 44.9 Å². The number of fused-ring (bicyclic) bond motifs is 6. The molecule has 0 aliphatic heterocycles. The first-order chi connectivity index (χ1) is 27.7. The zero-order valence-corrected chi connectivity index (χ0v) is 30.6. The van der Waals surface area contributed by atoms with E-state index in [9.17, 15) is 0 Å². The molecular weight excluding hydrogens is 679 g/mol. The van der Waals surface area contributed by atoms with Gasteiger partial charge in [0.25, 0.3) is 0 Å². The molecule has 2 nitrogen and oxygen atoms in total. The summed E-state index contributed by atoms with van der Waals surface area (Å²) < 4.78 is 6.20. The van der Waals surface area contributed by atoms with Gasteiger partial charge in [-0.05, 0) is 132 Å². The van der Waals surface area contributed by atoms with Gasteiger partial charge in [-0.3, -0.25) is 0 Å². The highest BCUT2D eigenvalue weighted by atomic mass is 16.3. The second kappa shape index (κ2) is 13.2. The van der Waals surface area contributed by atoms with Gasteiger partial charge in [0.2, 0.25) is 0 Å². The quantitative estimate of drug-likeness (QED) is 0.160. The number of furan rings is 1. The van der Waals surface area contributed by atoms with Crippen LogP contribution in [-0.2, 0) is 0 Å². The van der Waals surface area contributed by atoms with E-state index in [1.54, 1.807) is 0 Å². The number of rotatable bonds is 6. The normalized spacial score (nSPS) is 11.6. The number of benzene rings is 10. The van der Waals surface area contributed by atoms with E-state index in [0.29, 0.717) is 0 Å². The fourth-order valence-corrected chi connectivity index (χ4v) is 8.37. The van der Waals surface area contributed by atoms with E-state index in [2.05, 4.69) is 199 Å². The fraction of sp³-hybridized carbons (Fsp3) is 0. The molecule has 0 spiro atoms. The average Bonchev–Trinajstić information content (AvgIpc) is 3.71. The molecule has 1 aromatic heterocycles. The second-order valence-electron chi connectivity index (χ2n) is 14.6. The standard InChI is InChI=1S/C54H35NO/c1-2-11-39-32-47(28-22-36(39)10-1)55(46-26-23-37(24-27-46)52-34-43-12-3-5-16-49(43)50-17-6-7-18-51(50)52)48-29-25-41-30-40(20-21-42(41)33-48)38-14-9-15-44(31-38)54-35-45-13-4-8-19-53(45)56-54/h1-35H. The first-order valence-corrected chi connectivity index (χ1v) is 19.2. The van der Waals surface area contributed by atoms with E-state index in [1.807, 2.05) is 18.2 Å². The molecule has 11 rings (SSSR count). The summed E-state index contributed by atoms with van der Waals surface area (Å²) in [7, 11) is 0. The maximum atomic E-state index is 6.20. The van der Waals surface area contributed by atoms with Crippen molar-refractivity contribution in [2.24, 2.45) is 0 Å². The third-order valence-electron chi connectivity index (χ3n) is 11.2. The smallest absolute Gasteiger partial charge is 0.135 e. The lowest BCUT2D eigenvalue weighted by Crippen LogP contribution is -2.10. The maximum absolute atomic E-state index is 6.20. The summed E-state index contributed by atoms with van der Waals surface area (Å²) in [6.45, 7) is 0. The lowest BCUT2D eigenvalue weighted by Gasteiger charge is -2.26. The van der Waals surface area contributed by atoms with E-state index < -0.39 is 0 Å². The molecule has 11 aromatic rings. The van der Waals surface area contributed by atoms with Crippen molar-refractivity contribution < 1.29 is 4.42 Å². The molecule has 0 atom stereocenters. The summed E-state index contributed by atoms with van der Waals surface area (Å²) in [5.74, 6) is 0.880. The van der Waals surface area contributed by atoms with Crippen LogP contribution < -0.4 is 4.90 Å². The zero-order chi connectivity index (χ0) is 37.0. The fourth-order valence-electron chi connectivity index (χ4n) is 8.37. The van der Waals surface area contributed by atoms with Crippen molar-refractivity contribution in [2.45, 2.75) is 0 Å². The van der Waals surface area contributed by atoms with Crippen molar-refractivity contribution in [3.8, 4) is 33.6 Å². The van der Waals surface area contributed by atoms with E-state index in [1.165, 1.54) is 59.8 Å². The van der Waals surface area contributed by atoms with Crippen molar-refractivity contribution >= 4 is 71.1 Å². The van der Waals surface area contributed by atoms with Crippen LogP contribution in [0.5, 0.6) is 0 Å². The third kappa shape index (κ3) is 5.59.